The van der Waals surface area contributed by atoms with Gasteiger partial charge in [-0.1, -0.05) is 36.4 Å². The van der Waals surface area contributed by atoms with Gasteiger partial charge in [0, 0.05) is 24.7 Å². The van der Waals surface area contributed by atoms with Gasteiger partial charge in [-0.3, -0.25) is 9.59 Å². The van der Waals surface area contributed by atoms with Crippen molar-refractivity contribution in [2.24, 2.45) is 0 Å². The van der Waals surface area contributed by atoms with Crippen molar-refractivity contribution in [3.8, 4) is 5.69 Å². The zero-order chi connectivity index (χ0) is 26.4. The number of benzene rings is 2. The molecule has 1 aliphatic heterocycles. The number of carbonyl (C=O) groups excluding carboxylic acids is 3. The summed E-state index contributed by atoms with van der Waals surface area (Å²) < 4.78 is 7.08. The Morgan fingerprint density at radius 2 is 1.86 bits per heavy atom. The zero-order valence-electron chi connectivity index (χ0n) is 21.4. The Kier molecular flexibility index (Phi) is 7.91. The summed E-state index contributed by atoms with van der Waals surface area (Å²) in [5.74, 6) is -0.354. The van der Waals surface area contributed by atoms with Crippen molar-refractivity contribution in [2.45, 2.75) is 51.7 Å². The summed E-state index contributed by atoms with van der Waals surface area (Å²) in [5, 5.41) is 10.2. The Morgan fingerprint density at radius 3 is 2.62 bits per heavy atom. The highest BCUT2D eigenvalue weighted by Gasteiger charge is 2.28. The normalized spacial score (nSPS) is 15.6. The van der Waals surface area contributed by atoms with Crippen molar-refractivity contribution in [1.29, 1.82) is 0 Å². The van der Waals surface area contributed by atoms with E-state index in [1.807, 2.05) is 57.2 Å². The predicted molar refractivity (Wildman–Crippen MR) is 141 cm³/mol. The number of likely N-dealkylation sites (tertiary alicyclic amines) is 1. The Bertz CT molecular complexity index is 1250. The molecule has 3 amide bonds. The van der Waals surface area contributed by atoms with Crippen LogP contribution in [0.4, 0.5) is 10.5 Å². The second kappa shape index (κ2) is 11.3. The van der Waals surface area contributed by atoms with Crippen LogP contribution in [-0.2, 0) is 16.0 Å². The van der Waals surface area contributed by atoms with E-state index in [-0.39, 0.29) is 30.4 Å². The number of ether oxygens (including phenoxy) is 1. The Labute approximate surface area is 216 Å². The molecule has 4 rings (SSSR count). The second-order valence-electron chi connectivity index (χ2n) is 10.2. The molecular weight excluding hydrogens is 470 g/mol. The van der Waals surface area contributed by atoms with Crippen LogP contribution in [0.3, 0.4) is 0 Å². The SMILES string of the molecule is CC(C)(C)OC(=O)N1CCCC(NC(=O)c2cccc(-n3cc(NC(=O)Cc4ccccc4)cn3)c2)C1. The summed E-state index contributed by atoms with van der Waals surface area (Å²) in [6, 6.07) is 16.5. The number of nitrogens with one attached hydrogen (secondary N) is 2. The van der Waals surface area contributed by atoms with Gasteiger partial charge in [-0.2, -0.15) is 5.10 Å². The summed E-state index contributed by atoms with van der Waals surface area (Å²) in [7, 11) is 0. The summed E-state index contributed by atoms with van der Waals surface area (Å²) >= 11 is 0. The lowest BCUT2D eigenvalue weighted by Gasteiger charge is -2.34. The van der Waals surface area contributed by atoms with Gasteiger partial charge in [0.15, 0.2) is 0 Å². The van der Waals surface area contributed by atoms with Crippen LogP contribution in [0.25, 0.3) is 5.69 Å². The van der Waals surface area contributed by atoms with Gasteiger partial charge in [0.05, 0.1) is 30.2 Å². The molecule has 3 aromatic rings. The first-order valence-electron chi connectivity index (χ1n) is 12.4. The maximum Gasteiger partial charge on any atom is 0.410 e. The number of hydrogen-bond donors (Lipinski definition) is 2. The van der Waals surface area contributed by atoms with Gasteiger partial charge in [0.2, 0.25) is 5.91 Å². The predicted octanol–water partition coefficient (Wildman–Crippen LogP) is 4.18. The number of aromatic nitrogens is 2. The Morgan fingerprint density at radius 1 is 1.08 bits per heavy atom. The Balaban J connectivity index is 1.35. The van der Waals surface area contributed by atoms with E-state index < -0.39 is 5.60 Å². The summed E-state index contributed by atoms with van der Waals surface area (Å²) in [5.41, 5.74) is 2.11. The van der Waals surface area contributed by atoms with Crippen LogP contribution >= 0.6 is 0 Å². The third-order valence-corrected chi connectivity index (χ3v) is 5.86. The molecule has 1 atom stereocenters. The lowest BCUT2D eigenvalue weighted by Crippen LogP contribution is -2.50. The van der Waals surface area contributed by atoms with Gasteiger partial charge in [-0.15, -0.1) is 0 Å². The Hall–Kier alpha value is -4.14. The van der Waals surface area contributed by atoms with Crippen LogP contribution in [0.15, 0.2) is 67.0 Å². The van der Waals surface area contributed by atoms with Crippen LogP contribution < -0.4 is 10.6 Å². The molecule has 2 heterocycles. The monoisotopic (exact) mass is 503 g/mol. The van der Waals surface area contributed by atoms with Crippen molar-refractivity contribution < 1.29 is 19.1 Å². The number of anilines is 1. The van der Waals surface area contributed by atoms with Gasteiger partial charge < -0.3 is 20.3 Å². The lowest BCUT2D eigenvalue weighted by atomic mass is 10.1. The second-order valence-corrected chi connectivity index (χ2v) is 10.2. The first kappa shape index (κ1) is 25.9. The molecule has 1 aromatic heterocycles. The van der Waals surface area contributed by atoms with Gasteiger partial charge in [0.1, 0.15) is 5.60 Å². The van der Waals surface area contributed by atoms with Crippen LogP contribution in [0.5, 0.6) is 0 Å². The van der Waals surface area contributed by atoms with Gasteiger partial charge in [-0.05, 0) is 57.4 Å². The maximum absolute atomic E-state index is 13.0. The molecule has 37 heavy (non-hydrogen) atoms. The van der Waals surface area contributed by atoms with Crippen LogP contribution in [-0.4, -0.2) is 57.3 Å². The number of hydrogen-bond acceptors (Lipinski definition) is 5. The highest BCUT2D eigenvalue weighted by Crippen LogP contribution is 2.17. The number of piperidine rings is 1. The molecule has 2 aromatic carbocycles. The van der Waals surface area contributed by atoms with E-state index in [1.165, 1.54) is 0 Å². The van der Waals surface area contributed by atoms with Crippen LogP contribution in [0, 0.1) is 0 Å². The molecule has 2 N–H and O–H groups in total. The van der Waals surface area contributed by atoms with Crippen LogP contribution in [0.1, 0.15) is 49.5 Å². The van der Waals surface area contributed by atoms with E-state index in [0.29, 0.717) is 30.0 Å². The smallest absolute Gasteiger partial charge is 0.410 e. The average Bonchev–Trinajstić information content (AvgIpc) is 3.32. The van der Waals surface area contributed by atoms with E-state index in [9.17, 15) is 14.4 Å². The molecule has 0 radical (unpaired) electrons. The number of amides is 3. The third-order valence-electron chi connectivity index (χ3n) is 5.86. The molecule has 194 valence electrons. The van der Waals surface area contributed by atoms with Crippen molar-refractivity contribution >= 4 is 23.6 Å². The molecule has 1 aliphatic rings. The fraction of sp³-hybridized carbons (Fsp3) is 0.357. The number of nitrogens with zero attached hydrogens (tertiary/aromatic N) is 3. The van der Waals surface area contributed by atoms with Gasteiger partial charge >= 0.3 is 6.09 Å². The molecule has 0 bridgehead atoms. The van der Waals surface area contributed by atoms with E-state index in [2.05, 4.69) is 15.7 Å². The quantitative estimate of drug-likeness (QED) is 0.525. The molecular formula is C28H33N5O4. The minimum Gasteiger partial charge on any atom is -0.444 e. The molecule has 0 spiro atoms. The van der Waals surface area contributed by atoms with Crippen molar-refractivity contribution in [3.05, 3.63) is 78.1 Å². The van der Waals surface area contributed by atoms with E-state index in [1.54, 1.807) is 40.2 Å². The van der Waals surface area contributed by atoms with Gasteiger partial charge in [-0.25, -0.2) is 9.48 Å². The van der Waals surface area contributed by atoms with Crippen LogP contribution in [0.2, 0.25) is 0 Å². The first-order chi connectivity index (χ1) is 17.7. The average molecular weight is 504 g/mol. The maximum atomic E-state index is 13.0. The molecule has 1 fully saturated rings. The minimum absolute atomic E-state index is 0.133. The highest BCUT2D eigenvalue weighted by atomic mass is 16.6. The topological polar surface area (TPSA) is 106 Å². The highest BCUT2D eigenvalue weighted by molar-refractivity contribution is 5.95. The fourth-order valence-corrected chi connectivity index (χ4v) is 4.16. The summed E-state index contributed by atoms with van der Waals surface area (Å²) in [4.78, 5) is 39.4. The molecule has 1 saturated heterocycles. The van der Waals surface area contributed by atoms with Crippen molar-refractivity contribution in [2.75, 3.05) is 18.4 Å². The fourth-order valence-electron chi connectivity index (χ4n) is 4.16. The number of rotatable bonds is 6. The largest absolute Gasteiger partial charge is 0.444 e. The molecule has 9 nitrogen and oxygen atoms in total. The first-order valence-corrected chi connectivity index (χ1v) is 12.4. The zero-order valence-corrected chi connectivity index (χ0v) is 21.4. The summed E-state index contributed by atoms with van der Waals surface area (Å²) in [6.45, 7) is 6.53. The van der Waals surface area contributed by atoms with Crippen molar-refractivity contribution in [3.63, 3.8) is 0 Å². The molecule has 1 unspecified atom stereocenters. The summed E-state index contributed by atoms with van der Waals surface area (Å²) in [6.07, 6.45) is 4.77. The lowest BCUT2D eigenvalue weighted by molar-refractivity contribution is -0.115. The third kappa shape index (κ3) is 7.42. The van der Waals surface area contributed by atoms with Crippen molar-refractivity contribution in [1.82, 2.24) is 20.0 Å². The van der Waals surface area contributed by atoms with E-state index in [0.717, 1.165) is 18.4 Å². The molecule has 9 heteroatoms. The molecule has 0 aliphatic carbocycles. The van der Waals surface area contributed by atoms with E-state index in [4.69, 9.17) is 4.74 Å². The number of carbonyl (C=O) groups is 3. The molecule has 0 saturated carbocycles. The minimum atomic E-state index is -0.565. The standard InChI is InChI=1S/C28H33N5O4/c1-28(2,3)37-27(36)32-14-8-12-22(18-32)31-26(35)21-11-7-13-24(16-21)33-19-23(17-29-33)30-25(34)15-20-9-5-4-6-10-20/h4-7,9-11,13,16-17,19,22H,8,12,14-15,18H2,1-3H3,(H,30,34)(H,31,35). The van der Waals surface area contributed by atoms with E-state index >= 15 is 0 Å². The van der Waals surface area contributed by atoms with Gasteiger partial charge in [0.25, 0.3) is 5.91 Å².